The minimum atomic E-state index is -4.50. The molecule has 0 aliphatic rings. The van der Waals surface area contributed by atoms with Crippen LogP contribution in [-0.4, -0.2) is 13.0 Å². The molecule has 3 nitrogen and oxygen atoms in total. The van der Waals surface area contributed by atoms with Crippen molar-refractivity contribution in [3.8, 4) is 0 Å². The Morgan fingerprint density at radius 3 is 1.64 bits per heavy atom. The molecule has 0 atom stereocenters. The standard InChI is InChI=1S/C28H44O3S.K/c1-3-5-7-9-11-13-15-19-24-23-28(32(29,30)31)27(26-21-18-17-20-25(24)26)22-16-14-12-10-8-6-4-2;/h17-18,20-21,23H,3-16,19,22H2,1-2H3,(H,29,30,31);/q;+1/p-1. The van der Waals surface area contributed by atoms with Crippen LogP contribution in [0.25, 0.3) is 10.8 Å². The molecule has 0 bridgehead atoms. The molecular weight excluding hydrogens is 455 g/mol. The smallest absolute Gasteiger partial charge is 0.744 e. The van der Waals surface area contributed by atoms with E-state index >= 15 is 0 Å². The maximum Gasteiger partial charge on any atom is 1.00 e. The van der Waals surface area contributed by atoms with Crippen molar-refractivity contribution in [2.24, 2.45) is 0 Å². The molecule has 0 radical (unpaired) electrons. The Labute approximate surface area is 245 Å². The van der Waals surface area contributed by atoms with Crippen molar-refractivity contribution in [3.05, 3.63) is 41.5 Å². The third kappa shape index (κ3) is 11.2. The van der Waals surface area contributed by atoms with Crippen molar-refractivity contribution in [3.63, 3.8) is 0 Å². The summed E-state index contributed by atoms with van der Waals surface area (Å²) < 4.78 is 36.5. The van der Waals surface area contributed by atoms with Gasteiger partial charge >= 0.3 is 51.4 Å². The molecular formula is C28H43KO3S. The molecule has 0 saturated carbocycles. The Hall–Kier alpha value is 0.246. The summed E-state index contributed by atoms with van der Waals surface area (Å²) in [6.07, 6.45) is 18.2. The van der Waals surface area contributed by atoms with E-state index in [1.54, 1.807) is 6.07 Å². The fourth-order valence-electron chi connectivity index (χ4n) is 4.70. The number of unbranched alkanes of at least 4 members (excludes halogenated alkanes) is 12. The van der Waals surface area contributed by atoms with Crippen LogP contribution in [0.1, 0.15) is 115 Å². The molecule has 0 unspecified atom stereocenters. The molecule has 0 fully saturated rings. The topological polar surface area (TPSA) is 57.2 Å². The number of hydrogen-bond acceptors (Lipinski definition) is 3. The fraction of sp³-hybridized carbons (Fsp3) is 0.643. The van der Waals surface area contributed by atoms with Crippen molar-refractivity contribution in [2.75, 3.05) is 0 Å². The summed E-state index contributed by atoms with van der Waals surface area (Å²) in [6.45, 7) is 4.44. The fourth-order valence-corrected chi connectivity index (χ4v) is 5.50. The molecule has 2 aromatic rings. The minimum Gasteiger partial charge on any atom is -0.744 e. The molecule has 5 heteroatoms. The zero-order valence-electron chi connectivity index (χ0n) is 21.3. The third-order valence-corrected chi connectivity index (χ3v) is 7.45. The van der Waals surface area contributed by atoms with Gasteiger partial charge < -0.3 is 4.55 Å². The van der Waals surface area contributed by atoms with Crippen molar-refractivity contribution in [1.29, 1.82) is 0 Å². The van der Waals surface area contributed by atoms with Crippen LogP contribution in [0.2, 0.25) is 0 Å². The number of hydrogen-bond donors (Lipinski definition) is 0. The summed E-state index contributed by atoms with van der Waals surface area (Å²) in [5.41, 5.74) is 1.74. The van der Waals surface area contributed by atoms with Gasteiger partial charge in [0.25, 0.3) is 0 Å². The van der Waals surface area contributed by atoms with Crippen LogP contribution in [-0.2, 0) is 23.0 Å². The summed E-state index contributed by atoms with van der Waals surface area (Å²) in [6, 6.07) is 9.74. The van der Waals surface area contributed by atoms with E-state index in [9.17, 15) is 13.0 Å². The first-order chi connectivity index (χ1) is 15.5. The second kappa shape index (κ2) is 17.6. The molecule has 2 aromatic carbocycles. The van der Waals surface area contributed by atoms with Crippen LogP contribution in [0.15, 0.2) is 35.2 Å². The Morgan fingerprint density at radius 1 is 0.667 bits per heavy atom. The molecule has 0 N–H and O–H groups in total. The maximum atomic E-state index is 12.2. The number of aryl methyl sites for hydroxylation is 2. The quantitative estimate of drug-likeness (QED) is 0.168. The van der Waals surface area contributed by atoms with E-state index in [1.807, 2.05) is 18.2 Å². The molecule has 180 valence electrons. The van der Waals surface area contributed by atoms with Crippen LogP contribution < -0.4 is 51.4 Å². The predicted octanol–water partition coefficient (Wildman–Crippen LogP) is 5.33. The van der Waals surface area contributed by atoms with Crippen LogP contribution in [0, 0.1) is 0 Å². The van der Waals surface area contributed by atoms with E-state index in [4.69, 9.17) is 0 Å². The summed E-state index contributed by atoms with van der Waals surface area (Å²) in [7, 11) is -4.50. The molecule has 0 heterocycles. The van der Waals surface area contributed by atoms with Crippen molar-refractivity contribution in [1.82, 2.24) is 0 Å². The first-order valence-electron chi connectivity index (χ1n) is 13.0. The van der Waals surface area contributed by atoms with Gasteiger partial charge in [0.2, 0.25) is 0 Å². The first-order valence-corrected chi connectivity index (χ1v) is 14.4. The van der Waals surface area contributed by atoms with Gasteiger partial charge in [-0.2, -0.15) is 0 Å². The normalized spacial score (nSPS) is 11.6. The van der Waals surface area contributed by atoms with E-state index in [-0.39, 0.29) is 56.3 Å². The van der Waals surface area contributed by atoms with Crippen LogP contribution in [0.5, 0.6) is 0 Å². The van der Waals surface area contributed by atoms with Crippen molar-refractivity contribution >= 4 is 20.9 Å². The van der Waals surface area contributed by atoms with E-state index < -0.39 is 10.1 Å². The van der Waals surface area contributed by atoms with Gasteiger partial charge in [-0.3, -0.25) is 0 Å². The van der Waals surface area contributed by atoms with Gasteiger partial charge in [-0.05, 0) is 53.6 Å². The molecule has 0 amide bonds. The van der Waals surface area contributed by atoms with Gasteiger partial charge in [-0.15, -0.1) is 0 Å². The number of rotatable bonds is 17. The Balaban J connectivity index is 0.00000544. The summed E-state index contributed by atoms with van der Waals surface area (Å²) in [4.78, 5) is 0.0140. The second-order valence-corrected chi connectivity index (χ2v) is 10.6. The van der Waals surface area contributed by atoms with Gasteiger partial charge in [0.1, 0.15) is 10.1 Å². The summed E-state index contributed by atoms with van der Waals surface area (Å²) in [5, 5.41) is 2.07. The van der Waals surface area contributed by atoms with Gasteiger partial charge in [-0.1, -0.05) is 115 Å². The largest absolute Gasteiger partial charge is 1.00 e. The van der Waals surface area contributed by atoms with Gasteiger partial charge in [0, 0.05) is 0 Å². The summed E-state index contributed by atoms with van der Waals surface area (Å²) >= 11 is 0. The zero-order chi connectivity index (χ0) is 23.2. The van der Waals surface area contributed by atoms with E-state index in [0.717, 1.165) is 54.0 Å². The Morgan fingerprint density at radius 2 is 1.12 bits per heavy atom. The molecule has 0 saturated heterocycles. The monoisotopic (exact) mass is 498 g/mol. The van der Waals surface area contributed by atoms with Crippen LogP contribution in [0.4, 0.5) is 0 Å². The molecule has 33 heavy (non-hydrogen) atoms. The predicted molar refractivity (Wildman–Crippen MR) is 135 cm³/mol. The van der Waals surface area contributed by atoms with Gasteiger partial charge in [0.15, 0.2) is 0 Å². The minimum absolute atomic E-state index is 0. The maximum absolute atomic E-state index is 12.2. The number of benzene rings is 2. The Kier molecular flexibility index (Phi) is 16.7. The SMILES string of the molecule is CCCCCCCCCc1cc(S(=O)(=O)[O-])c(CCCCCCCCC)c2ccccc12.[K+]. The van der Waals surface area contributed by atoms with Crippen LogP contribution in [0.3, 0.4) is 0 Å². The average molecular weight is 499 g/mol. The Bertz CT molecular complexity index is 909. The molecule has 0 spiro atoms. The first kappa shape index (κ1) is 31.3. The van der Waals surface area contributed by atoms with E-state index in [2.05, 4.69) is 19.9 Å². The van der Waals surface area contributed by atoms with Gasteiger partial charge in [-0.25, -0.2) is 8.42 Å². The number of fused-ring (bicyclic) bond motifs is 1. The van der Waals surface area contributed by atoms with Crippen LogP contribution >= 0.6 is 0 Å². The zero-order valence-corrected chi connectivity index (χ0v) is 25.3. The van der Waals surface area contributed by atoms with E-state index in [1.165, 1.54) is 64.2 Å². The van der Waals surface area contributed by atoms with Crippen molar-refractivity contribution < 1.29 is 64.4 Å². The van der Waals surface area contributed by atoms with E-state index in [0.29, 0.717) is 6.42 Å². The third-order valence-electron chi connectivity index (χ3n) is 6.55. The second-order valence-electron chi connectivity index (χ2n) is 9.25. The average Bonchev–Trinajstić information content (AvgIpc) is 2.77. The molecule has 0 aliphatic heterocycles. The molecule has 0 aromatic heterocycles. The van der Waals surface area contributed by atoms with Crippen molar-refractivity contribution in [2.45, 2.75) is 121 Å². The van der Waals surface area contributed by atoms with Gasteiger partial charge in [0.05, 0.1) is 4.90 Å². The molecule has 2 rings (SSSR count). The summed E-state index contributed by atoms with van der Waals surface area (Å²) in [5.74, 6) is 0. The molecule has 0 aliphatic carbocycles.